The van der Waals surface area contributed by atoms with Gasteiger partial charge >= 0.3 is 17.1 Å². The maximum Gasteiger partial charge on any atom is 0.441 e. The van der Waals surface area contributed by atoms with Gasteiger partial charge in [-0.2, -0.15) is 0 Å². The van der Waals surface area contributed by atoms with Crippen LogP contribution in [0.15, 0.2) is 63.9 Å². The molecule has 10 heteroatoms. The molecule has 0 fully saturated rings. The van der Waals surface area contributed by atoms with Crippen LogP contribution in [0.2, 0.25) is 0 Å². The number of aromatic nitrogens is 2. The van der Waals surface area contributed by atoms with E-state index in [0.717, 1.165) is 5.56 Å². The van der Waals surface area contributed by atoms with Crippen LogP contribution in [0.5, 0.6) is 6.01 Å². The van der Waals surface area contributed by atoms with E-state index in [-0.39, 0.29) is 31.6 Å². The molecule has 0 bridgehead atoms. The normalized spacial score (nSPS) is 18.0. The van der Waals surface area contributed by atoms with Crippen molar-refractivity contribution in [2.24, 2.45) is 5.92 Å². The Balaban J connectivity index is 1.46. The number of ether oxygens (including phenoxy) is 2. The Labute approximate surface area is 184 Å². The second-order valence-electron chi connectivity index (χ2n) is 7.60. The van der Waals surface area contributed by atoms with Crippen LogP contribution in [0.1, 0.15) is 34.8 Å². The fourth-order valence-corrected chi connectivity index (χ4v) is 5.43. The SMILES string of the molecule is O=C(OCc1ccccc1)S(=O)(=O)C1C[C@H](CCOc2noc(=O)[nH]2)Cc2ccccc21. The minimum absolute atomic E-state index is 0.0279. The van der Waals surface area contributed by atoms with Crippen LogP contribution >= 0.6 is 0 Å². The first-order valence-electron chi connectivity index (χ1n) is 10.1. The third kappa shape index (κ3) is 4.91. The molecule has 0 saturated heterocycles. The summed E-state index contributed by atoms with van der Waals surface area (Å²) in [6, 6.07) is 16.1. The van der Waals surface area contributed by atoms with Crippen molar-refractivity contribution in [3.05, 3.63) is 81.8 Å². The van der Waals surface area contributed by atoms with Gasteiger partial charge in [0, 0.05) is 0 Å². The van der Waals surface area contributed by atoms with E-state index < -0.39 is 26.1 Å². The van der Waals surface area contributed by atoms with Crippen LogP contribution in [-0.2, 0) is 27.6 Å². The topological polar surface area (TPSA) is 129 Å². The zero-order valence-electron chi connectivity index (χ0n) is 17.1. The number of nitrogens with zero attached hydrogens (tertiary/aromatic N) is 1. The molecule has 1 heterocycles. The van der Waals surface area contributed by atoms with Gasteiger partial charge in [0.05, 0.1) is 11.9 Å². The Morgan fingerprint density at radius 1 is 1.12 bits per heavy atom. The zero-order valence-corrected chi connectivity index (χ0v) is 17.9. The Morgan fingerprint density at radius 2 is 1.88 bits per heavy atom. The fourth-order valence-electron chi connectivity index (χ4n) is 3.89. The van der Waals surface area contributed by atoms with Gasteiger partial charge in [-0.1, -0.05) is 54.6 Å². The first-order valence-corrected chi connectivity index (χ1v) is 11.7. The molecule has 1 aliphatic rings. The molecule has 32 heavy (non-hydrogen) atoms. The second-order valence-corrected chi connectivity index (χ2v) is 9.59. The van der Waals surface area contributed by atoms with Crippen molar-refractivity contribution in [1.29, 1.82) is 0 Å². The van der Waals surface area contributed by atoms with Gasteiger partial charge in [0.15, 0.2) is 0 Å². The molecule has 1 aliphatic carbocycles. The number of hydrogen-bond acceptors (Lipinski definition) is 8. The Bertz CT molecular complexity index is 1230. The molecule has 0 radical (unpaired) electrons. The quantitative estimate of drug-likeness (QED) is 0.535. The first kappa shape index (κ1) is 21.8. The maximum absolute atomic E-state index is 13.1. The monoisotopic (exact) mass is 458 g/mol. The van der Waals surface area contributed by atoms with Crippen molar-refractivity contribution in [2.75, 3.05) is 6.61 Å². The molecule has 1 unspecified atom stereocenters. The van der Waals surface area contributed by atoms with E-state index >= 15 is 0 Å². The van der Waals surface area contributed by atoms with Gasteiger partial charge in [-0.05, 0) is 47.0 Å². The highest BCUT2D eigenvalue weighted by Crippen LogP contribution is 2.40. The lowest BCUT2D eigenvalue weighted by atomic mass is 9.82. The van der Waals surface area contributed by atoms with E-state index in [4.69, 9.17) is 9.47 Å². The number of carbonyl (C=O) groups excluding carboxylic acids is 1. The number of nitrogens with one attached hydrogen (secondary N) is 1. The first-order chi connectivity index (χ1) is 15.4. The second kappa shape index (κ2) is 9.39. The van der Waals surface area contributed by atoms with E-state index in [9.17, 15) is 18.0 Å². The predicted molar refractivity (Wildman–Crippen MR) is 114 cm³/mol. The molecule has 2 atom stereocenters. The van der Waals surface area contributed by atoms with Gasteiger partial charge in [-0.15, -0.1) is 0 Å². The molecule has 3 aromatic rings. The van der Waals surface area contributed by atoms with E-state index in [0.29, 0.717) is 24.0 Å². The van der Waals surface area contributed by atoms with Crippen LogP contribution in [0.25, 0.3) is 0 Å². The van der Waals surface area contributed by atoms with Crippen molar-refractivity contribution in [3.63, 3.8) is 0 Å². The lowest BCUT2D eigenvalue weighted by Gasteiger charge is -2.30. The number of sulfone groups is 1. The number of fused-ring (bicyclic) bond motifs is 1. The van der Waals surface area contributed by atoms with Gasteiger partial charge in [-0.25, -0.2) is 23.0 Å². The van der Waals surface area contributed by atoms with Crippen molar-refractivity contribution >= 4 is 15.1 Å². The largest absolute Gasteiger partial charge is 0.463 e. The van der Waals surface area contributed by atoms with Crippen LogP contribution in [0.3, 0.4) is 0 Å². The summed E-state index contributed by atoms with van der Waals surface area (Å²) in [5.41, 5.74) is 2.21. The molecule has 1 N–H and O–H groups in total. The van der Waals surface area contributed by atoms with Crippen LogP contribution in [0, 0.1) is 5.92 Å². The highest BCUT2D eigenvalue weighted by atomic mass is 32.2. The maximum atomic E-state index is 13.1. The van der Waals surface area contributed by atoms with Gasteiger partial charge in [0.1, 0.15) is 6.61 Å². The molecule has 0 spiro atoms. The van der Waals surface area contributed by atoms with Gasteiger partial charge in [0.25, 0.3) is 9.84 Å². The molecule has 168 valence electrons. The van der Waals surface area contributed by atoms with Gasteiger partial charge < -0.3 is 9.47 Å². The van der Waals surface area contributed by atoms with Crippen molar-refractivity contribution < 1.29 is 27.2 Å². The van der Waals surface area contributed by atoms with Gasteiger partial charge in [-0.3, -0.25) is 4.52 Å². The minimum Gasteiger partial charge on any atom is -0.463 e. The van der Waals surface area contributed by atoms with E-state index in [1.807, 2.05) is 18.2 Å². The average Bonchev–Trinajstić information content (AvgIpc) is 3.22. The van der Waals surface area contributed by atoms with E-state index in [1.165, 1.54) is 0 Å². The predicted octanol–water partition coefficient (Wildman–Crippen LogP) is 3.19. The lowest BCUT2D eigenvalue weighted by molar-refractivity contribution is 0.165. The molecule has 0 saturated carbocycles. The van der Waals surface area contributed by atoms with Crippen molar-refractivity contribution in [1.82, 2.24) is 10.1 Å². The Hall–Kier alpha value is -3.40. The molecule has 0 amide bonds. The highest BCUT2D eigenvalue weighted by molar-refractivity contribution is 8.05. The van der Waals surface area contributed by atoms with Crippen LogP contribution in [0.4, 0.5) is 4.79 Å². The van der Waals surface area contributed by atoms with E-state index in [1.54, 1.807) is 36.4 Å². The fraction of sp³-hybridized carbons (Fsp3) is 0.318. The number of H-pyrrole nitrogens is 1. The van der Waals surface area contributed by atoms with Gasteiger partial charge in [0.2, 0.25) is 0 Å². The summed E-state index contributed by atoms with van der Waals surface area (Å²) >= 11 is 0. The number of benzene rings is 2. The van der Waals surface area contributed by atoms with Crippen molar-refractivity contribution in [2.45, 2.75) is 31.1 Å². The smallest absolute Gasteiger partial charge is 0.441 e. The Morgan fingerprint density at radius 3 is 2.62 bits per heavy atom. The molecular formula is C22H22N2O7S. The summed E-state index contributed by atoms with van der Waals surface area (Å²) in [7, 11) is -4.23. The molecule has 0 aliphatic heterocycles. The average molecular weight is 458 g/mol. The van der Waals surface area contributed by atoms with Crippen LogP contribution < -0.4 is 10.5 Å². The van der Waals surface area contributed by atoms with Crippen molar-refractivity contribution in [3.8, 4) is 6.01 Å². The number of aromatic amines is 1. The van der Waals surface area contributed by atoms with E-state index in [2.05, 4.69) is 14.7 Å². The molecule has 4 rings (SSSR count). The molecule has 1 aromatic heterocycles. The third-order valence-corrected chi connectivity index (χ3v) is 7.23. The molecule has 9 nitrogen and oxygen atoms in total. The minimum atomic E-state index is -4.23. The third-order valence-electron chi connectivity index (χ3n) is 5.45. The summed E-state index contributed by atoms with van der Waals surface area (Å²) in [6.07, 6.45) is 1.42. The number of rotatable bonds is 7. The molecule has 2 aromatic carbocycles. The zero-order chi connectivity index (χ0) is 22.6. The van der Waals surface area contributed by atoms with Crippen LogP contribution in [-0.4, -0.2) is 30.5 Å². The highest BCUT2D eigenvalue weighted by Gasteiger charge is 2.41. The number of carbonyl (C=O) groups is 1. The summed E-state index contributed by atoms with van der Waals surface area (Å²) in [5, 5.41) is 1.22. The summed E-state index contributed by atoms with van der Waals surface area (Å²) in [5.74, 6) is -0.767. The summed E-state index contributed by atoms with van der Waals surface area (Å²) in [4.78, 5) is 25.8. The standard InChI is InChI=1S/C22H22N2O7S/c25-21-23-20(24-31-21)29-11-10-16-12-17-8-4-5-9-18(17)19(13-16)32(27,28)22(26)30-14-15-6-2-1-3-7-15/h1-9,16,19H,10-14H2,(H,23,24,25)/t16-,19?/m1/s1. The summed E-state index contributed by atoms with van der Waals surface area (Å²) in [6.45, 7) is 0.0982. The Kier molecular flexibility index (Phi) is 6.40. The summed E-state index contributed by atoms with van der Waals surface area (Å²) < 4.78 is 41.2. The number of hydrogen-bond donors (Lipinski definition) is 1. The molecular weight excluding hydrogens is 436 g/mol. The lowest BCUT2D eigenvalue weighted by Crippen LogP contribution is -2.30.